The second-order valence-corrected chi connectivity index (χ2v) is 4.70. The molecule has 2 nitrogen and oxygen atoms in total. The molecule has 1 rings (SSSR count). The lowest BCUT2D eigenvalue weighted by molar-refractivity contribution is -0.108. The fourth-order valence-corrected chi connectivity index (χ4v) is 2.22. The van der Waals surface area contributed by atoms with Gasteiger partial charge < -0.3 is 9.69 Å². The molecule has 0 saturated carbocycles. The summed E-state index contributed by atoms with van der Waals surface area (Å²) in [7, 11) is 2.00. The van der Waals surface area contributed by atoms with Gasteiger partial charge >= 0.3 is 0 Å². The van der Waals surface area contributed by atoms with E-state index in [-0.39, 0.29) is 0 Å². The Bertz CT molecular complexity index is 274. The van der Waals surface area contributed by atoms with E-state index in [9.17, 15) is 4.79 Å². The van der Waals surface area contributed by atoms with E-state index in [2.05, 4.69) is 4.90 Å². The maximum Gasteiger partial charge on any atom is 0.121 e. The van der Waals surface area contributed by atoms with Gasteiger partial charge in [0.1, 0.15) is 6.29 Å². The molecule has 0 bridgehead atoms. The highest BCUT2D eigenvalue weighted by atomic mass is 35.5. The number of hydrogen-bond donors (Lipinski definition) is 0. The number of carbonyl (C=O) groups is 1. The minimum atomic E-state index is 0.593. The average Bonchev–Trinajstić information content (AvgIpc) is 2.48. The first-order valence-corrected chi connectivity index (χ1v) is 5.28. The summed E-state index contributed by atoms with van der Waals surface area (Å²) in [4.78, 5) is 13.5. The third-order valence-corrected chi connectivity index (χ3v) is 2.90. The fourth-order valence-electron chi connectivity index (χ4n) is 1.05. The monoisotopic (exact) mass is 217 g/mol. The largest absolute Gasteiger partial charge is 0.303 e. The Hall–Kier alpha value is -0.380. The van der Waals surface area contributed by atoms with Gasteiger partial charge in [-0.25, -0.2) is 0 Å². The van der Waals surface area contributed by atoms with Crippen LogP contribution in [0.3, 0.4) is 0 Å². The van der Waals surface area contributed by atoms with Gasteiger partial charge in [-0.05, 0) is 19.2 Å². The molecule has 0 amide bonds. The van der Waals surface area contributed by atoms with E-state index in [4.69, 9.17) is 11.6 Å². The molecule has 0 aliphatic heterocycles. The Morgan fingerprint density at radius 3 is 2.92 bits per heavy atom. The summed E-state index contributed by atoms with van der Waals surface area (Å²) < 4.78 is 0.818. The van der Waals surface area contributed by atoms with Crippen molar-refractivity contribution in [2.24, 2.45) is 0 Å². The summed E-state index contributed by atoms with van der Waals surface area (Å²) in [5.74, 6) is 0. The molecule has 4 heteroatoms. The van der Waals surface area contributed by atoms with Gasteiger partial charge in [0.05, 0.1) is 4.34 Å². The molecule has 0 unspecified atom stereocenters. The summed E-state index contributed by atoms with van der Waals surface area (Å²) in [6.45, 7) is 1.67. The number of halogens is 1. The van der Waals surface area contributed by atoms with Gasteiger partial charge in [-0.2, -0.15) is 0 Å². The molecule has 13 heavy (non-hydrogen) atoms. The van der Waals surface area contributed by atoms with Crippen molar-refractivity contribution in [2.45, 2.75) is 13.0 Å². The fraction of sp³-hybridized carbons (Fsp3) is 0.444. The van der Waals surface area contributed by atoms with Crippen LogP contribution in [0.2, 0.25) is 4.34 Å². The molecule has 0 saturated heterocycles. The molecule has 72 valence electrons. The van der Waals surface area contributed by atoms with Crippen LogP contribution in [0.1, 0.15) is 11.3 Å². The molecular formula is C9H12ClNOS. The van der Waals surface area contributed by atoms with Crippen molar-refractivity contribution in [3.63, 3.8) is 0 Å². The normalized spacial score (nSPS) is 10.7. The summed E-state index contributed by atoms with van der Waals surface area (Å²) in [5, 5.41) is 0. The lowest BCUT2D eigenvalue weighted by Crippen LogP contribution is -2.18. The van der Waals surface area contributed by atoms with Crippen LogP contribution in [0.15, 0.2) is 12.1 Å². The molecule has 0 atom stereocenters. The molecule has 0 aromatic carbocycles. The van der Waals surface area contributed by atoms with Crippen molar-refractivity contribution in [1.82, 2.24) is 4.90 Å². The van der Waals surface area contributed by atoms with Gasteiger partial charge in [-0.15, -0.1) is 11.3 Å². The summed E-state index contributed by atoms with van der Waals surface area (Å²) >= 11 is 7.38. The van der Waals surface area contributed by atoms with Crippen LogP contribution >= 0.6 is 22.9 Å². The third kappa shape index (κ3) is 3.89. The van der Waals surface area contributed by atoms with Crippen LogP contribution in [0, 0.1) is 0 Å². The molecule has 0 N–H and O–H groups in total. The number of rotatable bonds is 5. The summed E-state index contributed by atoms with van der Waals surface area (Å²) in [5.41, 5.74) is 0. The number of carbonyl (C=O) groups excluding carboxylic acids is 1. The van der Waals surface area contributed by atoms with Crippen LogP contribution in [-0.2, 0) is 11.3 Å². The van der Waals surface area contributed by atoms with Gasteiger partial charge in [-0.3, -0.25) is 0 Å². The zero-order valence-corrected chi connectivity index (χ0v) is 9.07. The van der Waals surface area contributed by atoms with Crippen LogP contribution in [0.25, 0.3) is 0 Å². The number of aldehydes is 1. The van der Waals surface area contributed by atoms with Crippen molar-refractivity contribution < 1.29 is 4.79 Å². The first-order chi connectivity index (χ1) is 6.22. The Labute approximate surface area is 87.1 Å². The number of thiophene rings is 1. The van der Waals surface area contributed by atoms with Crippen LogP contribution in [0.5, 0.6) is 0 Å². The topological polar surface area (TPSA) is 20.3 Å². The van der Waals surface area contributed by atoms with E-state index >= 15 is 0 Å². The van der Waals surface area contributed by atoms with Crippen molar-refractivity contribution in [1.29, 1.82) is 0 Å². The quantitative estimate of drug-likeness (QED) is 0.707. The zero-order valence-electron chi connectivity index (χ0n) is 7.50. The molecule has 1 aromatic heterocycles. The minimum absolute atomic E-state index is 0.593. The van der Waals surface area contributed by atoms with Gasteiger partial charge in [0.25, 0.3) is 0 Å². The average molecular weight is 218 g/mol. The molecule has 0 aliphatic rings. The van der Waals surface area contributed by atoms with E-state index in [1.807, 2.05) is 19.2 Å². The van der Waals surface area contributed by atoms with Crippen molar-refractivity contribution in [2.75, 3.05) is 13.6 Å². The van der Waals surface area contributed by atoms with Gasteiger partial charge in [-0.1, -0.05) is 11.6 Å². The van der Waals surface area contributed by atoms with Crippen LogP contribution in [-0.4, -0.2) is 24.8 Å². The van der Waals surface area contributed by atoms with Gasteiger partial charge in [0.15, 0.2) is 0 Å². The minimum Gasteiger partial charge on any atom is -0.303 e. The Morgan fingerprint density at radius 2 is 2.38 bits per heavy atom. The van der Waals surface area contributed by atoms with Gasteiger partial charge in [0, 0.05) is 24.4 Å². The Balaban J connectivity index is 2.35. The molecule has 1 aromatic rings. The number of hydrogen-bond acceptors (Lipinski definition) is 3. The molecule has 1 heterocycles. The van der Waals surface area contributed by atoms with Crippen molar-refractivity contribution in [3.8, 4) is 0 Å². The number of nitrogens with zero attached hydrogens (tertiary/aromatic N) is 1. The van der Waals surface area contributed by atoms with E-state index < -0.39 is 0 Å². The van der Waals surface area contributed by atoms with Gasteiger partial charge in [0.2, 0.25) is 0 Å². The van der Waals surface area contributed by atoms with E-state index in [0.717, 1.165) is 23.7 Å². The molecular weight excluding hydrogens is 206 g/mol. The maximum absolute atomic E-state index is 10.1. The predicted molar refractivity (Wildman–Crippen MR) is 56.3 cm³/mol. The summed E-state index contributed by atoms with van der Waals surface area (Å²) in [6.07, 6.45) is 1.54. The first kappa shape index (κ1) is 10.7. The zero-order chi connectivity index (χ0) is 9.68. The maximum atomic E-state index is 10.1. The lowest BCUT2D eigenvalue weighted by atomic mass is 10.4. The summed E-state index contributed by atoms with van der Waals surface area (Å²) in [6, 6.07) is 3.92. The highest BCUT2D eigenvalue weighted by Gasteiger charge is 2.02. The highest BCUT2D eigenvalue weighted by Crippen LogP contribution is 2.22. The van der Waals surface area contributed by atoms with Crippen molar-refractivity contribution in [3.05, 3.63) is 21.3 Å². The van der Waals surface area contributed by atoms with E-state index in [1.54, 1.807) is 11.3 Å². The Kier molecular flexibility index (Phi) is 4.42. The van der Waals surface area contributed by atoms with Crippen LogP contribution < -0.4 is 0 Å². The molecule has 0 fully saturated rings. The standard InChI is InChI=1S/C9H12ClNOS/c1-11(5-2-6-12)7-8-3-4-9(10)13-8/h3-4,6H,2,5,7H2,1H3. The molecule has 0 aliphatic carbocycles. The third-order valence-electron chi connectivity index (χ3n) is 1.68. The van der Waals surface area contributed by atoms with E-state index in [0.29, 0.717) is 6.42 Å². The van der Waals surface area contributed by atoms with Crippen LogP contribution in [0.4, 0.5) is 0 Å². The smallest absolute Gasteiger partial charge is 0.121 e. The Morgan fingerprint density at radius 1 is 1.62 bits per heavy atom. The predicted octanol–water partition coefficient (Wildman–Crippen LogP) is 2.42. The molecule has 0 spiro atoms. The van der Waals surface area contributed by atoms with Crippen molar-refractivity contribution >= 4 is 29.2 Å². The first-order valence-electron chi connectivity index (χ1n) is 4.09. The highest BCUT2D eigenvalue weighted by molar-refractivity contribution is 7.16. The SMILES string of the molecule is CN(CCC=O)Cc1ccc(Cl)s1. The molecule has 0 radical (unpaired) electrons. The second-order valence-electron chi connectivity index (χ2n) is 2.90. The van der Waals surface area contributed by atoms with E-state index in [1.165, 1.54) is 4.88 Å². The second kappa shape index (κ2) is 5.37. The lowest BCUT2D eigenvalue weighted by Gasteiger charge is -2.12.